The minimum atomic E-state index is -2.78. The van der Waals surface area contributed by atoms with Crippen molar-refractivity contribution in [2.75, 3.05) is 0 Å². The van der Waals surface area contributed by atoms with Crippen molar-refractivity contribution in [3.8, 4) is 0 Å². The predicted octanol–water partition coefficient (Wildman–Crippen LogP) is 8.16. The van der Waals surface area contributed by atoms with Gasteiger partial charge in [-0.05, 0) is 45.3 Å². The topological polar surface area (TPSA) is 36.9 Å². The third-order valence-electron chi connectivity index (χ3n) is 5.70. The maximum absolute atomic E-state index is 6.71. The van der Waals surface area contributed by atoms with Gasteiger partial charge in [0.25, 0.3) is 0 Å². The van der Waals surface area contributed by atoms with E-state index in [1.54, 1.807) is 0 Å². The number of hydrogen-bond acceptors (Lipinski definition) is 4. The highest BCUT2D eigenvalue weighted by molar-refractivity contribution is 6.90. The lowest BCUT2D eigenvalue weighted by atomic mass is 10.1. The number of rotatable bonds is 21. The first-order chi connectivity index (χ1) is 15.1. The Balaban J connectivity index is 5.53. The summed E-state index contributed by atoms with van der Waals surface area (Å²) in [7, 11) is -8.10. The first-order valence-electron chi connectivity index (χ1n) is 12.7. The fourth-order valence-electron chi connectivity index (χ4n) is 3.83. The van der Waals surface area contributed by atoms with Crippen LogP contribution >= 0.6 is 0 Å². The molecule has 0 aliphatic carbocycles. The fraction of sp³-hybridized carbons (Fsp3) is 0.760. The zero-order valence-corrected chi connectivity index (χ0v) is 25.2. The van der Waals surface area contributed by atoms with E-state index in [1.807, 2.05) is 23.6 Å². The van der Waals surface area contributed by atoms with Gasteiger partial charge in [-0.2, -0.15) is 0 Å². The standard InChI is InChI=1S/C25H52O4Si3/c1-11-18-22-24(20-13-3)26-30(8,15-5)28-32(10,17-7)29-31(9,16-6)27-25(21-14-4)23-19-12-2/h15-17,24-25H,5-7,11-14,18-23H2,1-4,8-10H3. The van der Waals surface area contributed by atoms with Gasteiger partial charge in [0.05, 0.1) is 0 Å². The highest BCUT2D eigenvalue weighted by atomic mass is 28.5. The monoisotopic (exact) mass is 500 g/mol. The Morgan fingerprint density at radius 1 is 0.562 bits per heavy atom. The van der Waals surface area contributed by atoms with Crippen molar-refractivity contribution >= 4 is 25.7 Å². The van der Waals surface area contributed by atoms with E-state index in [0.29, 0.717) is 0 Å². The Hall–Kier alpha value is -0.289. The average molecular weight is 501 g/mol. The molecule has 32 heavy (non-hydrogen) atoms. The summed E-state index contributed by atoms with van der Waals surface area (Å²) in [5.41, 5.74) is 5.62. The zero-order valence-electron chi connectivity index (χ0n) is 22.2. The lowest BCUT2D eigenvalue weighted by Crippen LogP contribution is -2.57. The van der Waals surface area contributed by atoms with Crippen molar-refractivity contribution < 1.29 is 17.1 Å². The minimum absolute atomic E-state index is 0.194. The Morgan fingerprint density at radius 3 is 1.16 bits per heavy atom. The van der Waals surface area contributed by atoms with E-state index in [-0.39, 0.29) is 12.2 Å². The smallest absolute Gasteiger partial charge is 0.352 e. The molecule has 0 N–H and O–H groups in total. The molecule has 0 fully saturated rings. The van der Waals surface area contributed by atoms with Gasteiger partial charge in [0, 0.05) is 12.2 Å². The van der Waals surface area contributed by atoms with E-state index < -0.39 is 25.7 Å². The minimum Gasteiger partial charge on any atom is -0.409 e. The summed E-state index contributed by atoms with van der Waals surface area (Å²) in [4.78, 5) is 0. The summed E-state index contributed by atoms with van der Waals surface area (Å²) in [5.74, 6) is 0. The molecule has 0 bridgehead atoms. The molecule has 0 spiro atoms. The molecule has 188 valence electrons. The molecular weight excluding hydrogens is 449 g/mol. The number of hydrogen-bond donors (Lipinski definition) is 0. The van der Waals surface area contributed by atoms with Crippen LogP contribution in [0.3, 0.4) is 0 Å². The van der Waals surface area contributed by atoms with Crippen molar-refractivity contribution in [1.82, 2.24) is 0 Å². The molecule has 4 atom stereocenters. The third-order valence-corrected chi connectivity index (χ3v) is 16.0. The Morgan fingerprint density at radius 2 is 0.906 bits per heavy atom. The van der Waals surface area contributed by atoms with E-state index in [4.69, 9.17) is 17.1 Å². The predicted molar refractivity (Wildman–Crippen MR) is 146 cm³/mol. The fourth-order valence-corrected chi connectivity index (χ4v) is 14.5. The lowest BCUT2D eigenvalue weighted by Gasteiger charge is -2.40. The Labute approximate surface area is 203 Å². The maximum atomic E-state index is 6.71. The molecule has 0 rings (SSSR count). The third kappa shape index (κ3) is 12.3. The summed E-state index contributed by atoms with van der Waals surface area (Å²) < 4.78 is 26.6. The van der Waals surface area contributed by atoms with E-state index in [9.17, 15) is 0 Å². The second-order valence-corrected chi connectivity index (χ2v) is 18.6. The van der Waals surface area contributed by atoms with Gasteiger partial charge >= 0.3 is 25.7 Å². The second kappa shape index (κ2) is 16.4. The molecule has 0 radical (unpaired) electrons. The van der Waals surface area contributed by atoms with Crippen LogP contribution in [0.1, 0.15) is 91.9 Å². The first kappa shape index (κ1) is 31.7. The molecule has 0 aromatic rings. The Kier molecular flexibility index (Phi) is 16.2. The molecule has 4 nitrogen and oxygen atoms in total. The molecule has 4 unspecified atom stereocenters. The summed E-state index contributed by atoms with van der Waals surface area (Å²) >= 11 is 0. The van der Waals surface area contributed by atoms with E-state index in [2.05, 4.69) is 60.5 Å². The van der Waals surface area contributed by atoms with Crippen LogP contribution in [-0.2, 0) is 17.1 Å². The van der Waals surface area contributed by atoms with Crippen molar-refractivity contribution in [2.24, 2.45) is 0 Å². The second-order valence-electron chi connectivity index (χ2n) is 9.21. The van der Waals surface area contributed by atoms with Crippen LogP contribution < -0.4 is 0 Å². The van der Waals surface area contributed by atoms with Crippen LogP contribution in [0.25, 0.3) is 0 Å². The molecule has 0 aliphatic heterocycles. The average Bonchev–Trinajstić information content (AvgIpc) is 2.75. The van der Waals surface area contributed by atoms with Gasteiger partial charge in [-0.3, -0.25) is 0 Å². The van der Waals surface area contributed by atoms with E-state index >= 15 is 0 Å². The SMILES string of the molecule is C=C[Si](C)(OC(CCC)CCCC)O[Si](C)(C=C)O[Si](C)(C=C)OC(CCC)CCCC. The van der Waals surface area contributed by atoms with Crippen molar-refractivity contribution in [1.29, 1.82) is 0 Å². The zero-order chi connectivity index (χ0) is 24.7. The molecular formula is C25H52O4Si3. The summed E-state index contributed by atoms with van der Waals surface area (Å²) in [6.45, 7) is 27.2. The van der Waals surface area contributed by atoms with Crippen molar-refractivity contribution in [2.45, 2.75) is 124 Å². The van der Waals surface area contributed by atoms with Crippen molar-refractivity contribution in [3.63, 3.8) is 0 Å². The Bertz CT molecular complexity index is 505. The summed E-state index contributed by atoms with van der Waals surface area (Å²) in [6, 6.07) is 0. The van der Waals surface area contributed by atoms with Crippen LogP contribution in [0, 0.1) is 0 Å². The summed E-state index contributed by atoms with van der Waals surface area (Å²) in [5, 5.41) is 0. The van der Waals surface area contributed by atoms with E-state index in [1.165, 1.54) is 0 Å². The van der Waals surface area contributed by atoms with Crippen LogP contribution in [0.2, 0.25) is 19.6 Å². The molecule has 7 heteroatoms. The van der Waals surface area contributed by atoms with Gasteiger partial charge in [-0.15, -0.1) is 19.7 Å². The highest BCUT2D eigenvalue weighted by Crippen LogP contribution is 2.28. The van der Waals surface area contributed by atoms with Gasteiger partial charge in [-0.25, -0.2) is 0 Å². The number of unbranched alkanes of at least 4 members (excludes halogenated alkanes) is 2. The molecule has 0 amide bonds. The van der Waals surface area contributed by atoms with Gasteiger partial charge in [-0.1, -0.05) is 83.3 Å². The molecule has 0 aliphatic rings. The molecule has 0 saturated carbocycles. The molecule has 0 aromatic carbocycles. The van der Waals surface area contributed by atoms with Gasteiger partial charge in [0.15, 0.2) is 0 Å². The molecule has 0 saturated heterocycles. The van der Waals surface area contributed by atoms with Gasteiger partial charge in [0.1, 0.15) is 0 Å². The highest BCUT2D eigenvalue weighted by Gasteiger charge is 2.46. The van der Waals surface area contributed by atoms with E-state index in [0.717, 1.165) is 64.2 Å². The molecule has 0 aromatic heterocycles. The van der Waals surface area contributed by atoms with Crippen LogP contribution in [0.5, 0.6) is 0 Å². The van der Waals surface area contributed by atoms with Gasteiger partial charge < -0.3 is 17.1 Å². The largest absolute Gasteiger partial charge is 0.409 e. The van der Waals surface area contributed by atoms with Crippen LogP contribution in [-0.4, -0.2) is 37.9 Å². The first-order valence-corrected chi connectivity index (χ1v) is 19.9. The lowest BCUT2D eigenvalue weighted by molar-refractivity contribution is 0.121. The summed E-state index contributed by atoms with van der Waals surface area (Å²) in [6.07, 6.45) is 11.4. The van der Waals surface area contributed by atoms with Crippen molar-refractivity contribution in [3.05, 3.63) is 36.8 Å². The van der Waals surface area contributed by atoms with Gasteiger partial charge in [0.2, 0.25) is 0 Å². The quantitative estimate of drug-likeness (QED) is 0.149. The maximum Gasteiger partial charge on any atom is 0.352 e. The normalized spacial score (nSPS) is 19.2. The van der Waals surface area contributed by atoms with Crippen LogP contribution in [0.4, 0.5) is 0 Å². The molecule has 0 heterocycles. The van der Waals surface area contributed by atoms with Crippen LogP contribution in [0.15, 0.2) is 36.8 Å².